The van der Waals surface area contributed by atoms with Gasteiger partial charge in [-0.2, -0.15) is 0 Å². The van der Waals surface area contributed by atoms with E-state index in [2.05, 4.69) is 10.6 Å². The van der Waals surface area contributed by atoms with Crippen molar-refractivity contribution < 1.29 is 23.9 Å². The van der Waals surface area contributed by atoms with Crippen molar-refractivity contribution in [3.63, 3.8) is 0 Å². The maximum atomic E-state index is 13.7. The Balaban J connectivity index is 1.62. The molecule has 0 unspecified atom stereocenters. The fourth-order valence-corrected chi connectivity index (χ4v) is 3.89. The molecule has 8 heteroatoms. The van der Waals surface area contributed by atoms with E-state index in [0.717, 1.165) is 4.90 Å². The van der Waals surface area contributed by atoms with E-state index in [4.69, 9.17) is 9.47 Å². The van der Waals surface area contributed by atoms with Crippen LogP contribution in [-0.2, 0) is 15.1 Å². The Morgan fingerprint density at radius 1 is 0.909 bits per heavy atom. The van der Waals surface area contributed by atoms with Crippen molar-refractivity contribution in [1.29, 1.82) is 0 Å². The van der Waals surface area contributed by atoms with Gasteiger partial charge in [-0.25, -0.2) is 4.79 Å². The summed E-state index contributed by atoms with van der Waals surface area (Å²) in [5, 5.41) is 5.52. The highest BCUT2D eigenvalue weighted by molar-refractivity contribution is 6.12. The van der Waals surface area contributed by atoms with Gasteiger partial charge in [0, 0.05) is 6.07 Å². The van der Waals surface area contributed by atoms with Crippen molar-refractivity contribution in [2.75, 3.05) is 26.1 Å². The minimum Gasteiger partial charge on any atom is -0.497 e. The van der Waals surface area contributed by atoms with Gasteiger partial charge in [-0.1, -0.05) is 60.7 Å². The highest BCUT2D eigenvalue weighted by Gasteiger charge is 2.54. The number of carbonyl (C=O) groups excluding carboxylic acids is 3. The van der Waals surface area contributed by atoms with Crippen LogP contribution in [0.3, 0.4) is 0 Å². The molecule has 33 heavy (non-hydrogen) atoms. The van der Waals surface area contributed by atoms with Gasteiger partial charge >= 0.3 is 6.03 Å². The number of rotatable bonds is 7. The predicted molar refractivity (Wildman–Crippen MR) is 122 cm³/mol. The predicted octanol–water partition coefficient (Wildman–Crippen LogP) is 3.14. The molecule has 1 heterocycles. The second-order valence-corrected chi connectivity index (χ2v) is 7.42. The third kappa shape index (κ3) is 3.98. The first-order valence-corrected chi connectivity index (χ1v) is 10.3. The van der Waals surface area contributed by atoms with Gasteiger partial charge in [-0.15, -0.1) is 0 Å². The first-order chi connectivity index (χ1) is 16.0. The Bertz CT molecular complexity index is 1140. The lowest BCUT2D eigenvalue weighted by Crippen LogP contribution is -2.45. The van der Waals surface area contributed by atoms with Crippen molar-refractivity contribution in [3.05, 3.63) is 90.0 Å². The molecular formula is C25H23N3O5. The topological polar surface area (TPSA) is 97.0 Å². The minimum atomic E-state index is -1.42. The molecule has 3 aromatic rings. The van der Waals surface area contributed by atoms with Crippen LogP contribution in [0, 0.1) is 0 Å². The van der Waals surface area contributed by atoms with E-state index >= 15 is 0 Å². The molecule has 1 aliphatic heterocycles. The van der Waals surface area contributed by atoms with E-state index in [1.165, 1.54) is 14.2 Å². The molecule has 0 bridgehead atoms. The number of methoxy groups -OCH3 is 2. The molecular weight excluding hydrogens is 422 g/mol. The van der Waals surface area contributed by atoms with Crippen LogP contribution in [0.15, 0.2) is 78.9 Å². The largest absolute Gasteiger partial charge is 0.497 e. The summed E-state index contributed by atoms with van der Waals surface area (Å²) >= 11 is 0. The van der Waals surface area contributed by atoms with E-state index in [-0.39, 0.29) is 0 Å². The van der Waals surface area contributed by atoms with Crippen molar-refractivity contribution in [3.8, 4) is 11.5 Å². The Hall–Kier alpha value is -4.33. The Labute approximate surface area is 191 Å². The van der Waals surface area contributed by atoms with Gasteiger partial charge in [0.05, 0.1) is 19.9 Å². The second kappa shape index (κ2) is 9.04. The summed E-state index contributed by atoms with van der Waals surface area (Å²) in [4.78, 5) is 40.3. The molecule has 168 valence electrons. The number of nitrogens with zero attached hydrogens (tertiary/aromatic N) is 1. The molecule has 0 spiro atoms. The molecule has 3 aromatic carbocycles. The first kappa shape index (κ1) is 21.9. The molecule has 0 saturated carbocycles. The van der Waals surface area contributed by atoms with Crippen LogP contribution in [0.5, 0.6) is 11.5 Å². The molecule has 2 N–H and O–H groups in total. The summed E-state index contributed by atoms with van der Waals surface area (Å²) in [7, 11) is 2.99. The third-order valence-electron chi connectivity index (χ3n) is 5.50. The molecule has 0 atom stereocenters. The van der Waals surface area contributed by atoms with E-state index in [1.54, 1.807) is 66.7 Å². The van der Waals surface area contributed by atoms with Crippen LogP contribution in [0.2, 0.25) is 0 Å². The average Bonchev–Trinajstić information content (AvgIpc) is 3.11. The van der Waals surface area contributed by atoms with Crippen molar-refractivity contribution in [2.45, 2.75) is 5.54 Å². The maximum Gasteiger partial charge on any atom is 0.326 e. The van der Waals surface area contributed by atoms with E-state index in [9.17, 15) is 14.4 Å². The number of hydrogen-bond acceptors (Lipinski definition) is 5. The third-order valence-corrected chi connectivity index (χ3v) is 5.50. The van der Waals surface area contributed by atoms with Crippen LogP contribution in [0.25, 0.3) is 0 Å². The molecule has 1 fully saturated rings. The molecule has 4 amide bonds. The van der Waals surface area contributed by atoms with E-state index in [0.29, 0.717) is 28.3 Å². The van der Waals surface area contributed by atoms with Crippen LogP contribution < -0.4 is 20.1 Å². The summed E-state index contributed by atoms with van der Waals surface area (Å²) in [6, 6.07) is 22.2. The lowest BCUT2D eigenvalue weighted by Gasteiger charge is -2.28. The van der Waals surface area contributed by atoms with Crippen molar-refractivity contribution >= 4 is 23.5 Å². The lowest BCUT2D eigenvalue weighted by atomic mass is 9.82. The number of imide groups is 1. The monoisotopic (exact) mass is 445 g/mol. The smallest absolute Gasteiger partial charge is 0.326 e. The van der Waals surface area contributed by atoms with Gasteiger partial charge in [0.2, 0.25) is 5.91 Å². The van der Waals surface area contributed by atoms with E-state index < -0.39 is 29.9 Å². The van der Waals surface area contributed by atoms with Gasteiger partial charge in [-0.3, -0.25) is 14.5 Å². The minimum absolute atomic E-state index is 0.391. The number of amides is 4. The number of anilines is 1. The van der Waals surface area contributed by atoms with Gasteiger partial charge in [0.1, 0.15) is 18.0 Å². The molecule has 1 aliphatic rings. The maximum absolute atomic E-state index is 13.7. The standard InChI is InChI=1S/C25H23N3O5/c1-32-19-13-14-20(21(15-19)33-2)26-22(29)16-28-23(30)25(27-24(28)31,17-9-5-3-6-10-17)18-11-7-4-8-12-18/h3-15H,16H2,1-2H3,(H,26,29)(H,27,31). The summed E-state index contributed by atoms with van der Waals surface area (Å²) in [6.07, 6.45) is 0. The summed E-state index contributed by atoms with van der Waals surface area (Å²) in [5.41, 5.74) is 0.189. The van der Waals surface area contributed by atoms with Crippen LogP contribution in [-0.4, -0.2) is 43.5 Å². The lowest BCUT2D eigenvalue weighted by molar-refractivity contribution is -0.133. The Kier molecular flexibility index (Phi) is 5.99. The number of hydrogen-bond donors (Lipinski definition) is 2. The summed E-state index contributed by atoms with van der Waals surface area (Å²) in [5.74, 6) is -0.113. The fraction of sp³-hybridized carbons (Fsp3) is 0.160. The van der Waals surface area contributed by atoms with E-state index in [1.807, 2.05) is 12.1 Å². The Morgan fingerprint density at radius 3 is 2.06 bits per heavy atom. The molecule has 1 saturated heterocycles. The number of benzene rings is 3. The summed E-state index contributed by atoms with van der Waals surface area (Å²) < 4.78 is 10.5. The average molecular weight is 445 g/mol. The van der Waals surface area contributed by atoms with Crippen LogP contribution in [0.4, 0.5) is 10.5 Å². The molecule has 0 aliphatic carbocycles. The molecule has 0 aromatic heterocycles. The van der Waals surface area contributed by atoms with Gasteiger partial charge in [-0.05, 0) is 23.3 Å². The van der Waals surface area contributed by atoms with Gasteiger partial charge in [0.25, 0.3) is 5.91 Å². The van der Waals surface area contributed by atoms with Gasteiger partial charge < -0.3 is 20.1 Å². The zero-order valence-electron chi connectivity index (χ0n) is 18.2. The zero-order chi connectivity index (χ0) is 23.4. The number of nitrogens with one attached hydrogen (secondary N) is 2. The summed E-state index contributed by atoms with van der Waals surface area (Å²) in [6.45, 7) is -0.457. The van der Waals surface area contributed by atoms with Gasteiger partial charge in [0.15, 0.2) is 5.54 Å². The molecule has 8 nitrogen and oxygen atoms in total. The SMILES string of the molecule is COc1ccc(NC(=O)CN2C(=O)NC(c3ccccc3)(c3ccccc3)C2=O)c(OC)c1. The van der Waals surface area contributed by atoms with Crippen molar-refractivity contribution in [2.24, 2.45) is 0 Å². The first-order valence-electron chi connectivity index (χ1n) is 10.3. The van der Waals surface area contributed by atoms with Crippen LogP contribution >= 0.6 is 0 Å². The quantitative estimate of drug-likeness (QED) is 0.545. The molecule has 4 rings (SSSR count). The normalized spacial score (nSPS) is 14.5. The number of ether oxygens (including phenoxy) is 2. The Morgan fingerprint density at radius 2 is 1.52 bits per heavy atom. The van der Waals surface area contributed by atoms with Crippen molar-refractivity contribution in [1.82, 2.24) is 10.2 Å². The number of urea groups is 1. The second-order valence-electron chi connectivity index (χ2n) is 7.42. The highest BCUT2D eigenvalue weighted by Crippen LogP contribution is 2.36. The zero-order valence-corrected chi connectivity index (χ0v) is 18.2. The van der Waals surface area contributed by atoms with Crippen LogP contribution in [0.1, 0.15) is 11.1 Å². The number of carbonyl (C=O) groups is 3. The highest BCUT2D eigenvalue weighted by atomic mass is 16.5. The molecule has 0 radical (unpaired) electrons. The fourth-order valence-electron chi connectivity index (χ4n) is 3.89.